The van der Waals surface area contributed by atoms with Gasteiger partial charge in [0.05, 0.1) is 19.6 Å². The maximum Gasteiger partial charge on any atom is 0.327 e. The summed E-state index contributed by atoms with van der Waals surface area (Å²) in [7, 11) is -4.73. The summed E-state index contributed by atoms with van der Waals surface area (Å²) < 4.78 is 41.8. The van der Waals surface area contributed by atoms with Crippen LogP contribution in [0.1, 0.15) is 84.5 Å². The number of unbranched alkanes of at least 4 members (excludes halogenated alkanes) is 8. The quantitative estimate of drug-likeness (QED) is 0.178. The minimum Gasteiger partial charge on any atom is -0.466 e. The molecule has 0 fully saturated rings. The number of carbonyl (C=O) groups is 2. The molecule has 0 saturated carbocycles. The van der Waals surface area contributed by atoms with Crippen molar-refractivity contribution in [2.75, 3.05) is 13.2 Å². The van der Waals surface area contributed by atoms with Crippen molar-refractivity contribution in [2.24, 2.45) is 0 Å². The van der Waals surface area contributed by atoms with Crippen molar-refractivity contribution in [1.82, 2.24) is 0 Å². The molecule has 0 amide bonds. The van der Waals surface area contributed by atoms with Crippen LogP contribution in [0.4, 0.5) is 0 Å². The Hall–Kier alpha value is -0.150. The molecule has 0 aromatic heterocycles. The van der Waals surface area contributed by atoms with Crippen LogP contribution in [-0.2, 0) is 29.2 Å². The minimum atomic E-state index is -4.73. The van der Waals surface area contributed by atoms with E-state index in [2.05, 4.69) is 13.8 Å². The molecule has 1 N–H and O–H groups in total. The van der Waals surface area contributed by atoms with Crippen molar-refractivity contribution in [3.8, 4) is 0 Å². The molecule has 1 radical (unpaired) electrons. The predicted molar refractivity (Wildman–Crippen MR) is 105 cm³/mol. The van der Waals surface area contributed by atoms with Gasteiger partial charge in [-0.25, -0.2) is 0 Å². The van der Waals surface area contributed by atoms with E-state index in [4.69, 9.17) is 9.47 Å². The van der Waals surface area contributed by atoms with Gasteiger partial charge in [-0.2, -0.15) is 8.42 Å². The second-order valence-corrected chi connectivity index (χ2v) is 8.02. The molecule has 9 heteroatoms. The maximum absolute atomic E-state index is 11.9. The number of esters is 2. The molecule has 27 heavy (non-hydrogen) atoms. The Balaban J connectivity index is 0. The molecule has 0 rings (SSSR count). The monoisotopic (exact) mass is 417 g/mol. The third-order valence-electron chi connectivity index (χ3n) is 3.98. The number of hydrogen-bond donors (Lipinski definition) is 1. The van der Waals surface area contributed by atoms with Crippen molar-refractivity contribution in [1.29, 1.82) is 0 Å². The smallest absolute Gasteiger partial charge is 0.327 e. The van der Waals surface area contributed by atoms with E-state index >= 15 is 0 Å². The molecule has 0 aliphatic heterocycles. The molecule has 0 heterocycles. The summed E-state index contributed by atoms with van der Waals surface area (Å²) in [5, 5.41) is -1.93. The van der Waals surface area contributed by atoms with Gasteiger partial charge in [-0.3, -0.25) is 14.1 Å². The van der Waals surface area contributed by atoms with Gasteiger partial charge in [-0.05, 0) is 12.8 Å². The Morgan fingerprint density at radius 2 is 1.26 bits per heavy atom. The van der Waals surface area contributed by atoms with Crippen molar-refractivity contribution in [3.05, 3.63) is 0 Å². The summed E-state index contributed by atoms with van der Waals surface area (Å²) in [5.74, 6) is -1.94. The summed E-state index contributed by atoms with van der Waals surface area (Å²) in [4.78, 5) is 23.6. The zero-order valence-corrected chi connectivity index (χ0v) is 19.9. The summed E-state index contributed by atoms with van der Waals surface area (Å²) in [6.07, 6.45) is 8.82. The minimum absolute atomic E-state index is 0. The molecule has 0 bridgehead atoms. The van der Waals surface area contributed by atoms with Gasteiger partial charge in [-0.1, -0.05) is 65.2 Å². The first-order chi connectivity index (χ1) is 12.3. The van der Waals surface area contributed by atoms with E-state index in [1.54, 1.807) is 0 Å². The van der Waals surface area contributed by atoms with Crippen molar-refractivity contribution in [3.63, 3.8) is 0 Å². The third kappa shape index (κ3) is 16.5. The van der Waals surface area contributed by atoms with E-state index < -0.39 is 33.7 Å². The number of carbonyl (C=O) groups excluding carboxylic acids is 2. The van der Waals surface area contributed by atoms with Crippen LogP contribution >= 0.6 is 0 Å². The Morgan fingerprint density at radius 3 is 1.70 bits per heavy atom. The summed E-state index contributed by atoms with van der Waals surface area (Å²) in [6, 6.07) is 0. The number of ether oxygens (including phenoxy) is 2. The Labute approximate surface area is 186 Å². The van der Waals surface area contributed by atoms with Crippen LogP contribution in [-0.4, -0.2) is 72.9 Å². The van der Waals surface area contributed by atoms with Crippen molar-refractivity contribution in [2.45, 2.75) is 89.7 Å². The second-order valence-electron chi connectivity index (χ2n) is 6.42. The topological polar surface area (TPSA) is 107 Å². The van der Waals surface area contributed by atoms with Crippen LogP contribution in [0.25, 0.3) is 0 Å². The molecule has 1 atom stereocenters. The number of rotatable bonds is 16. The fourth-order valence-electron chi connectivity index (χ4n) is 2.38. The molecule has 1 unspecified atom stereocenters. The normalized spacial score (nSPS) is 12.1. The molecule has 0 aliphatic rings. The van der Waals surface area contributed by atoms with E-state index in [1.165, 1.54) is 0 Å². The fraction of sp³-hybridized carbons (Fsp3) is 0.889. The second kappa shape index (κ2) is 17.9. The first kappa shape index (κ1) is 29.1. The molecule has 155 valence electrons. The van der Waals surface area contributed by atoms with Gasteiger partial charge < -0.3 is 9.47 Å². The maximum atomic E-state index is 11.9. The predicted octanol–water partition coefficient (Wildman–Crippen LogP) is 3.28. The zero-order chi connectivity index (χ0) is 19.8. The van der Waals surface area contributed by atoms with E-state index in [9.17, 15) is 22.6 Å². The molecule has 0 saturated heterocycles. The summed E-state index contributed by atoms with van der Waals surface area (Å²) >= 11 is 0. The van der Waals surface area contributed by atoms with Crippen molar-refractivity contribution >= 4 is 51.6 Å². The van der Waals surface area contributed by atoms with E-state index in [1.807, 2.05) is 0 Å². The molecule has 0 aromatic rings. The molecule has 0 spiro atoms. The van der Waals surface area contributed by atoms with Gasteiger partial charge in [0, 0.05) is 29.6 Å². The molecule has 7 nitrogen and oxygen atoms in total. The SMILES string of the molecule is CCCCCCCOC(=O)CC(C(=O)OCCCCCCC)S(=O)(=O)O.[Na]. The first-order valence-corrected chi connectivity index (χ1v) is 11.1. The van der Waals surface area contributed by atoms with Gasteiger partial charge in [0.15, 0.2) is 5.25 Å². The average Bonchev–Trinajstić information content (AvgIpc) is 2.57. The van der Waals surface area contributed by atoms with E-state index in [-0.39, 0.29) is 42.8 Å². The number of hydrogen-bond acceptors (Lipinski definition) is 6. The van der Waals surface area contributed by atoms with Crippen LogP contribution in [0.2, 0.25) is 0 Å². The van der Waals surface area contributed by atoms with Crippen LogP contribution < -0.4 is 0 Å². The summed E-state index contributed by atoms with van der Waals surface area (Å²) in [5.41, 5.74) is 0. The third-order valence-corrected chi connectivity index (χ3v) is 5.06. The zero-order valence-electron chi connectivity index (χ0n) is 17.1. The van der Waals surface area contributed by atoms with Crippen LogP contribution in [0.15, 0.2) is 0 Å². The molecular weight excluding hydrogens is 383 g/mol. The van der Waals surface area contributed by atoms with Gasteiger partial charge in [0.2, 0.25) is 0 Å². The van der Waals surface area contributed by atoms with E-state index in [0.717, 1.165) is 51.4 Å². The first-order valence-electron chi connectivity index (χ1n) is 9.61. The molecule has 0 aliphatic carbocycles. The Bertz CT molecular complexity index is 494. The van der Waals surface area contributed by atoms with Gasteiger partial charge in [-0.15, -0.1) is 0 Å². The summed E-state index contributed by atoms with van der Waals surface area (Å²) in [6.45, 7) is 4.43. The standard InChI is InChI=1S/C18H34O7S.Na/c1-3-5-7-9-11-13-24-17(19)15-16(26(21,22)23)18(20)25-14-12-10-8-6-4-2;/h16H,3-15H2,1-2H3,(H,21,22,23);. The Morgan fingerprint density at radius 1 is 0.815 bits per heavy atom. The van der Waals surface area contributed by atoms with Crippen LogP contribution in [0.3, 0.4) is 0 Å². The largest absolute Gasteiger partial charge is 0.466 e. The Kier molecular flexibility index (Phi) is 19.3. The fourth-order valence-corrected chi connectivity index (χ4v) is 3.04. The van der Waals surface area contributed by atoms with Gasteiger partial charge in [0.1, 0.15) is 0 Å². The molecular formula is C18H34NaO7S. The van der Waals surface area contributed by atoms with Gasteiger partial charge in [0.25, 0.3) is 10.1 Å². The van der Waals surface area contributed by atoms with Crippen molar-refractivity contribution < 1.29 is 32.0 Å². The van der Waals surface area contributed by atoms with Crippen LogP contribution in [0, 0.1) is 0 Å². The average molecular weight is 418 g/mol. The van der Waals surface area contributed by atoms with E-state index in [0.29, 0.717) is 12.8 Å². The van der Waals surface area contributed by atoms with Gasteiger partial charge >= 0.3 is 11.9 Å². The van der Waals surface area contributed by atoms with Crippen LogP contribution in [0.5, 0.6) is 0 Å². The molecule has 0 aromatic carbocycles.